The van der Waals surface area contributed by atoms with Crippen molar-refractivity contribution in [2.75, 3.05) is 7.05 Å². The van der Waals surface area contributed by atoms with Crippen LogP contribution >= 0.6 is 0 Å². The maximum absolute atomic E-state index is 10.5. The van der Waals surface area contributed by atoms with Crippen molar-refractivity contribution < 1.29 is 14.7 Å². The fourth-order valence-corrected chi connectivity index (χ4v) is 0.697. The van der Waals surface area contributed by atoms with Crippen molar-refractivity contribution in [3.05, 3.63) is 0 Å². The third-order valence-corrected chi connectivity index (χ3v) is 1.34. The number of nitrogens with two attached hydrogens (primary N) is 1. The Kier molecular flexibility index (Phi) is 4.21. The number of rotatable bonds is 5. The summed E-state index contributed by atoms with van der Waals surface area (Å²) in [6.07, 6.45) is 0.190. The summed E-state index contributed by atoms with van der Waals surface area (Å²) in [5, 5.41) is 10.9. The second-order valence-electron chi connectivity index (χ2n) is 2.18. The van der Waals surface area contributed by atoms with Crippen molar-refractivity contribution in [3.63, 3.8) is 0 Å². The number of carboxylic acid groups (broad SMARTS) is 1. The quantitative estimate of drug-likeness (QED) is 0.477. The molecular weight excluding hydrogens is 148 g/mol. The minimum atomic E-state index is -0.925. The van der Waals surface area contributed by atoms with Crippen LogP contribution in [0.25, 0.3) is 0 Å². The molecule has 0 aromatic heterocycles. The van der Waals surface area contributed by atoms with Crippen LogP contribution in [-0.2, 0) is 9.59 Å². The summed E-state index contributed by atoms with van der Waals surface area (Å²) in [5.41, 5.74) is 4.94. The highest BCUT2D eigenvalue weighted by Crippen LogP contribution is 1.95. The molecule has 0 bridgehead atoms. The van der Waals surface area contributed by atoms with Crippen LogP contribution in [0.3, 0.4) is 0 Å². The second kappa shape index (κ2) is 4.68. The Morgan fingerprint density at radius 1 is 1.64 bits per heavy atom. The van der Waals surface area contributed by atoms with Crippen molar-refractivity contribution in [1.82, 2.24) is 5.32 Å². The van der Waals surface area contributed by atoms with Gasteiger partial charge in [0.05, 0.1) is 6.04 Å². The minimum Gasteiger partial charge on any atom is -0.481 e. The Morgan fingerprint density at radius 3 is 2.45 bits per heavy atom. The lowest BCUT2D eigenvalue weighted by Gasteiger charge is -2.09. The lowest BCUT2D eigenvalue weighted by atomic mass is 10.1. The highest BCUT2D eigenvalue weighted by molar-refractivity contribution is 5.80. The van der Waals surface area contributed by atoms with Gasteiger partial charge < -0.3 is 16.2 Å². The SMILES string of the molecule is CN[C@H](CCC(=O)O)C(N)=O. The third-order valence-electron chi connectivity index (χ3n) is 1.34. The van der Waals surface area contributed by atoms with Gasteiger partial charge in [-0.05, 0) is 13.5 Å². The fourth-order valence-electron chi connectivity index (χ4n) is 0.697. The first-order valence-corrected chi connectivity index (χ1v) is 3.26. The normalized spacial score (nSPS) is 12.5. The number of hydrogen-bond acceptors (Lipinski definition) is 3. The van der Waals surface area contributed by atoms with E-state index in [1.165, 1.54) is 0 Å². The first kappa shape index (κ1) is 9.90. The lowest BCUT2D eigenvalue weighted by Crippen LogP contribution is -2.39. The zero-order valence-electron chi connectivity index (χ0n) is 6.33. The van der Waals surface area contributed by atoms with Crippen LogP contribution in [0.1, 0.15) is 12.8 Å². The molecule has 0 aromatic carbocycles. The summed E-state index contributed by atoms with van der Waals surface area (Å²) >= 11 is 0. The maximum Gasteiger partial charge on any atom is 0.303 e. The van der Waals surface area contributed by atoms with Crippen LogP contribution in [-0.4, -0.2) is 30.1 Å². The standard InChI is InChI=1S/C6H12N2O3/c1-8-4(6(7)11)2-3-5(9)10/h4,8H,2-3H2,1H3,(H2,7,11)(H,9,10)/t4-/m1/s1. The third kappa shape index (κ3) is 4.32. The first-order chi connectivity index (χ1) is 5.07. The Morgan fingerprint density at radius 2 is 2.18 bits per heavy atom. The van der Waals surface area contributed by atoms with Gasteiger partial charge >= 0.3 is 5.97 Å². The molecule has 0 aliphatic carbocycles. The molecule has 0 heterocycles. The number of aliphatic carboxylic acids is 1. The molecule has 0 saturated carbocycles. The largest absolute Gasteiger partial charge is 0.481 e. The monoisotopic (exact) mass is 160 g/mol. The molecule has 0 spiro atoms. The highest BCUT2D eigenvalue weighted by atomic mass is 16.4. The van der Waals surface area contributed by atoms with Crippen LogP contribution in [0.2, 0.25) is 0 Å². The van der Waals surface area contributed by atoms with E-state index in [0.717, 1.165) is 0 Å². The molecule has 0 fully saturated rings. The molecular formula is C6H12N2O3. The first-order valence-electron chi connectivity index (χ1n) is 3.26. The summed E-state index contributed by atoms with van der Waals surface area (Å²) in [6, 6.07) is -0.536. The number of hydrogen-bond donors (Lipinski definition) is 3. The van der Waals surface area contributed by atoms with E-state index in [9.17, 15) is 9.59 Å². The highest BCUT2D eigenvalue weighted by Gasteiger charge is 2.13. The van der Waals surface area contributed by atoms with Gasteiger partial charge in [0, 0.05) is 6.42 Å². The van der Waals surface area contributed by atoms with Crippen molar-refractivity contribution in [1.29, 1.82) is 0 Å². The van der Waals surface area contributed by atoms with Gasteiger partial charge in [-0.15, -0.1) is 0 Å². The van der Waals surface area contributed by atoms with Crippen molar-refractivity contribution >= 4 is 11.9 Å². The number of likely N-dealkylation sites (N-methyl/N-ethyl adjacent to an activating group) is 1. The van der Waals surface area contributed by atoms with E-state index in [2.05, 4.69) is 5.32 Å². The Labute approximate surface area is 64.6 Å². The van der Waals surface area contributed by atoms with Gasteiger partial charge in [0.15, 0.2) is 0 Å². The summed E-state index contributed by atoms with van der Waals surface area (Å²) < 4.78 is 0. The number of carboxylic acids is 1. The molecule has 0 aliphatic heterocycles. The zero-order valence-corrected chi connectivity index (χ0v) is 6.33. The van der Waals surface area contributed by atoms with E-state index >= 15 is 0 Å². The number of primary amides is 1. The van der Waals surface area contributed by atoms with Crippen LogP contribution in [0.15, 0.2) is 0 Å². The topological polar surface area (TPSA) is 92.4 Å². The lowest BCUT2D eigenvalue weighted by molar-refractivity contribution is -0.137. The average Bonchev–Trinajstić information content (AvgIpc) is 1.87. The second-order valence-corrected chi connectivity index (χ2v) is 2.18. The van der Waals surface area contributed by atoms with Crippen LogP contribution in [0, 0.1) is 0 Å². The van der Waals surface area contributed by atoms with Crippen LogP contribution in [0.4, 0.5) is 0 Å². The van der Waals surface area contributed by atoms with Crippen molar-refractivity contribution in [2.45, 2.75) is 18.9 Å². The predicted octanol–water partition coefficient (Wildman–Crippen LogP) is -1.08. The van der Waals surface area contributed by atoms with Gasteiger partial charge in [-0.1, -0.05) is 0 Å². The summed E-state index contributed by atoms with van der Waals surface area (Å²) in [6.45, 7) is 0. The summed E-state index contributed by atoms with van der Waals surface area (Å²) in [7, 11) is 1.57. The molecule has 4 N–H and O–H groups in total. The van der Waals surface area contributed by atoms with Crippen molar-refractivity contribution in [2.24, 2.45) is 5.73 Å². The van der Waals surface area contributed by atoms with Crippen molar-refractivity contribution in [3.8, 4) is 0 Å². The number of carbonyl (C=O) groups is 2. The Bertz CT molecular complexity index is 158. The number of carbonyl (C=O) groups excluding carboxylic acids is 1. The molecule has 11 heavy (non-hydrogen) atoms. The van der Waals surface area contributed by atoms with Gasteiger partial charge in [-0.2, -0.15) is 0 Å². The van der Waals surface area contributed by atoms with E-state index in [1.807, 2.05) is 0 Å². The summed E-state index contributed by atoms with van der Waals surface area (Å²) in [5.74, 6) is -1.44. The average molecular weight is 160 g/mol. The molecule has 0 radical (unpaired) electrons. The molecule has 0 rings (SSSR count). The molecule has 1 atom stereocenters. The predicted molar refractivity (Wildman–Crippen MR) is 38.9 cm³/mol. The molecule has 0 saturated heterocycles. The van der Waals surface area contributed by atoms with Crippen LogP contribution in [0.5, 0.6) is 0 Å². The van der Waals surface area contributed by atoms with Gasteiger partial charge in [0.2, 0.25) is 5.91 Å². The van der Waals surface area contributed by atoms with E-state index in [1.54, 1.807) is 7.05 Å². The smallest absolute Gasteiger partial charge is 0.303 e. The van der Waals surface area contributed by atoms with Gasteiger partial charge in [-0.25, -0.2) is 0 Å². The van der Waals surface area contributed by atoms with E-state index in [4.69, 9.17) is 10.8 Å². The molecule has 5 heteroatoms. The molecule has 0 aromatic rings. The Balaban J connectivity index is 3.70. The van der Waals surface area contributed by atoms with Gasteiger partial charge in [0.25, 0.3) is 0 Å². The van der Waals surface area contributed by atoms with E-state index < -0.39 is 17.9 Å². The molecule has 0 aliphatic rings. The molecule has 64 valence electrons. The molecule has 5 nitrogen and oxygen atoms in total. The maximum atomic E-state index is 10.5. The number of nitrogens with one attached hydrogen (secondary N) is 1. The fraction of sp³-hybridized carbons (Fsp3) is 0.667. The van der Waals surface area contributed by atoms with E-state index in [0.29, 0.717) is 0 Å². The Hall–Kier alpha value is -1.10. The summed E-state index contributed by atoms with van der Waals surface area (Å²) in [4.78, 5) is 20.6. The van der Waals surface area contributed by atoms with E-state index in [-0.39, 0.29) is 12.8 Å². The minimum absolute atomic E-state index is 0.0472. The number of amides is 1. The van der Waals surface area contributed by atoms with Gasteiger partial charge in [-0.3, -0.25) is 9.59 Å². The molecule has 1 amide bonds. The molecule has 0 unspecified atom stereocenters. The van der Waals surface area contributed by atoms with Crippen LogP contribution < -0.4 is 11.1 Å². The van der Waals surface area contributed by atoms with Gasteiger partial charge in [0.1, 0.15) is 0 Å². The zero-order chi connectivity index (χ0) is 8.85.